The van der Waals surface area contributed by atoms with E-state index in [-0.39, 0.29) is 19.5 Å². The molecule has 1 unspecified atom stereocenters. The topological polar surface area (TPSA) is 113 Å². The Morgan fingerprint density at radius 3 is 2.39 bits per heavy atom. The van der Waals surface area contributed by atoms with Crippen LogP contribution < -0.4 is 5.32 Å². The zero-order valence-corrected chi connectivity index (χ0v) is 16.7. The second-order valence-corrected chi connectivity index (χ2v) is 6.91. The van der Waals surface area contributed by atoms with Crippen LogP contribution in [0.15, 0.2) is 12.2 Å². The highest BCUT2D eigenvalue weighted by Gasteiger charge is 2.34. The molecule has 0 aliphatic carbocycles. The largest absolute Gasteiger partial charge is 0.478 e. The lowest BCUT2D eigenvalue weighted by atomic mass is 10.1. The summed E-state index contributed by atoms with van der Waals surface area (Å²) in [5.74, 6) is -2.84. The number of nitrogens with zero attached hydrogens (tertiary/aromatic N) is 1. The lowest BCUT2D eigenvalue weighted by molar-refractivity contribution is -0.150. The number of unbranched alkanes of at least 4 members (excludes halogenated alkanes) is 7. The van der Waals surface area contributed by atoms with E-state index in [0.717, 1.165) is 25.3 Å². The number of carbonyl (C=O) groups excluding carboxylic acids is 3. The summed E-state index contributed by atoms with van der Waals surface area (Å²) in [5, 5.41) is 11.2. The summed E-state index contributed by atoms with van der Waals surface area (Å²) in [6.45, 7) is 2.96. The molecule has 1 heterocycles. The number of hydrogen-bond donors (Lipinski definition) is 2. The summed E-state index contributed by atoms with van der Waals surface area (Å²) in [6.07, 6.45) is 10.5. The lowest BCUT2D eigenvalue weighted by Crippen LogP contribution is -2.57. The lowest BCUT2D eigenvalue weighted by Gasteiger charge is -2.33. The summed E-state index contributed by atoms with van der Waals surface area (Å²) < 4.78 is 5.20. The summed E-state index contributed by atoms with van der Waals surface area (Å²) in [6, 6.07) is -0.981. The predicted octanol–water partition coefficient (Wildman–Crippen LogP) is 2.03. The van der Waals surface area contributed by atoms with Crippen molar-refractivity contribution in [2.24, 2.45) is 0 Å². The number of rotatable bonds is 13. The molecule has 1 atom stereocenters. The van der Waals surface area contributed by atoms with Crippen molar-refractivity contribution in [1.29, 1.82) is 0 Å². The van der Waals surface area contributed by atoms with Gasteiger partial charge in [0.25, 0.3) is 0 Å². The Morgan fingerprint density at radius 2 is 1.75 bits per heavy atom. The Bertz CT molecular complexity index is 561. The Kier molecular flexibility index (Phi) is 11.6. The van der Waals surface area contributed by atoms with Crippen molar-refractivity contribution in [1.82, 2.24) is 10.2 Å². The van der Waals surface area contributed by atoms with E-state index in [9.17, 15) is 19.2 Å². The number of carboxylic acids is 1. The Hall–Kier alpha value is -2.38. The van der Waals surface area contributed by atoms with Gasteiger partial charge < -0.3 is 20.1 Å². The van der Waals surface area contributed by atoms with Gasteiger partial charge in [0.05, 0.1) is 13.0 Å². The molecule has 8 nitrogen and oxygen atoms in total. The molecule has 2 amide bonds. The van der Waals surface area contributed by atoms with Crippen LogP contribution in [-0.4, -0.2) is 59.5 Å². The SMILES string of the molecule is CCCCCCCCCCOC(=O)CC1C(=O)NCCN1C(=O)/C=C/C(=O)O. The van der Waals surface area contributed by atoms with Gasteiger partial charge in [-0.05, 0) is 6.42 Å². The maximum atomic E-state index is 12.1. The predicted molar refractivity (Wildman–Crippen MR) is 103 cm³/mol. The average Bonchev–Trinajstić information content (AvgIpc) is 2.66. The van der Waals surface area contributed by atoms with Gasteiger partial charge in [0.2, 0.25) is 11.8 Å². The maximum absolute atomic E-state index is 12.1. The van der Waals surface area contributed by atoms with Crippen molar-refractivity contribution in [2.45, 2.75) is 70.8 Å². The molecular formula is C20H32N2O6. The number of aliphatic carboxylic acids is 1. The molecule has 158 valence electrons. The number of amides is 2. The van der Waals surface area contributed by atoms with Gasteiger partial charge in [0, 0.05) is 25.2 Å². The fourth-order valence-corrected chi connectivity index (χ4v) is 3.06. The monoisotopic (exact) mass is 396 g/mol. The first-order valence-electron chi connectivity index (χ1n) is 10.1. The molecule has 8 heteroatoms. The highest BCUT2D eigenvalue weighted by atomic mass is 16.5. The van der Waals surface area contributed by atoms with Crippen LogP contribution in [0, 0.1) is 0 Å². The van der Waals surface area contributed by atoms with Crippen molar-refractivity contribution in [3.05, 3.63) is 12.2 Å². The molecule has 0 bridgehead atoms. The third-order valence-electron chi connectivity index (χ3n) is 4.60. The Morgan fingerprint density at radius 1 is 1.11 bits per heavy atom. The average molecular weight is 396 g/mol. The molecular weight excluding hydrogens is 364 g/mol. The van der Waals surface area contributed by atoms with Gasteiger partial charge in [-0.25, -0.2) is 4.79 Å². The molecule has 1 aliphatic heterocycles. The summed E-state index contributed by atoms with van der Waals surface area (Å²) in [7, 11) is 0. The maximum Gasteiger partial charge on any atom is 0.328 e. The second kappa shape index (κ2) is 13.7. The van der Waals surface area contributed by atoms with Crippen LogP contribution in [0.25, 0.3) is 0 Å². The van der Waals surface area contributed by atoms with E-state index >= 15 is 0 Å². The summed E-state index contributed by atoms with van der Waals surface area (Å²) in [5.41, 5.74) is 0. The molecule has 0 aromatic rings. The zero-order chi connectivity index (χ0) is 20.8. The van der Waals surface area contributed by atoms with Crippen molar-refractivity contribution in [3.8, 4) is 0 Å². The molecule has 0 saturated carbocycles. The number of piperazine rings is 1. The van der Waals surface area contributed by atoms with Crippen LogP contribution in [0.2, 0.25) is 0 Å². The highest BCUT2D eigenvalue weighted by Crippen LogP contribution is 2.12. The van der Waals surface area contributed by atoms with E-state index < -0.39 is 29.8 Å². The van der Waals surface area contributed by atoms with E-state index in [1.165, 1.54) is 37.0 Å². The van der Waals surface area contributed by atoms with E-state index in [0.29, 0.717) is 12.7 Å². The number of carboxylic acid groups (broad SMARTS) is 1. The van der Waals surface area contributed by atoms with E-state index in [1.807, 2.05) is 0 Å². The molecule has 1 saturated heterocycles. The van der Waals surface area contributed by atoms with Gasteiger partial charge in [0.1, 0.15) is 6.04 Å². The highest BCUT2D eigenvalue weighted by molar-refractivity contribution is 5.98. The van der Waals surface area contributed by atoms with Gasteiger partial charge >= 0.3 is 11.9 Å². The number of hydrogen-bond acceptors (Lipinski definition) is 5. The van der Waals surface area contributed by atoms with Crippen molar-refractivity contribution < 1.29 is 29.0 Å². The van der Waals surface area contributed by atoms with Crippen LogP contribution in [0.3, 0.4) is 0 Å². The molecule has 0 spiro atoms. The zero-order valence-electron chi connectivity index (χ0n) is 16.7. The quantitative estimate of drug-likeness (QED) is 0.280. The number of ether oxygens (including phenoxy) is 1. The fourth-order valence-electron chi connectivity index (χ4n) is 3.06. The Balaban J connectivity index is 2.33. The molecule has 0 aromatic carbocycles. The minimum Gasteiger partial charge on any atom is -0.478 e. The molecule has 1 fully saturated rings. The van der Waals surface area contributed by atoms with Crippen LogP contribution in [0.4, 0.5) is 0 Å². The van der Waals surface area contributed by atoms with E-state index in [2.05, 4.69) is 12.2 Å². The standard InChI is InChI=1S/C20H32N2O6/c1-2-3-4-5-6-7-8-9-14-28-19(26)15-16-20(27)21-12-13-22(16)17(23)10-11-18(24)25/h10-11,16H,2-9,12-15H2,1H3,(H,21,27)(H,24,25)/b11-10+. The molecule has 1 rings (SSSR count). The smallest absolute Gasteiger partial charge is 0.328 e. The minimum absolute atomic E-state index is 0.213. The van der Waals surface area contributed by atoms with Gasteiger partial charge in [-0.2, -0.15) is 0 Å². The molecule has 1 aliphatic rings. The first-order chi connectivity index (χ1) is 13.5. The molecule has 0 radical (unpaired) electrons. The third kappa shape index (κ3) is 9.53. The fraction of sp³-hybridized carbons (Fsp3) is 0.700. The van der Waals surface area contributed by atoms with Crippen LogP contribution in [-0.2, 0) is 23.9 Å². The van der Waals surface area contributed by atoms with Gasteiger partial charge in [-0.1, -0.05) is 51.9 Å². The van der Waals surface area contributed by atoms with Crippen LogP contribution in [0.5, 0.6) is 0 Å². The van der Waals surface area contributed by atoms with Crippen molar-refractivity contribution >= 4 is 23.8 Å². The molecule has 0 aromatic heterocycles. The van der Waals surface area contributed by atoms with E-state index in [4.69, 9.17) is 9.84 Å². The first kappa shape index (κ1) is 23.7. The number of carbonyl (C=O) groups is 4. The normalized spacial score (nSPS) is 16.8. The summed E-state index contributed by atoms with van der Waals surface area (Å²) in [4.78, 5) is 48.0. The van der Waals surface area contributed by atoms with Gasteiger partial charge in [-0.15, -0.1) is 0 Å². The van der Waals surface area contributed by atoms with E-state index in [1.54, 1.807) is 0 Å². The molecule has 2 N–H and O–H groups in total. The van der Waals surface area contributed by atoms with Crippen molar-refractivity contribution in [3.63, 3.8) is 0 Å². The van der Waals surface area contributed by atoms with Crippen LogP contribution in [0.1, 0.15) is 64.7 Å². The third-order valence-corrected chi connectivity index (χ3v) is 4.60. The van der Waals surface area contributed by atoms with Gasteiger partial charge in [-0.3, -0.25) is 14.4 Å². The number of esters is 1. The summed E-state index contributed by atoms with van der Waals surface area (Å²) >= 11 is 0. The van der Waals surface area contributed by atoms with Crippen LogP contribution >= 0.6 is 0 Å². The number of nitrogens with one attached hydrogen (secondary N) is 1. The second-order valence-electron chi connectivity index (χ2n) is 6.91. The Labute approximate surface area is 166 Å². The van der Waals surface area contributed by atoms with Crippen molar-refractivity contribution in [2.75, 3.05) is 19.7 Å². The molecule has 28 heavy (non-hydrogen) atoms. The first-order valence-corrected chi connectivity index (χ1v) is 10.1. The van der Waals surface area contributed by atoms with Gasteiger partial charge in [0.15, 0.2) is 0 Å². The minimum atomic E-state index is -1.25.